The van der Waals surface area contributed by atoms with Gasteiger partial charge in [-0.05, 0) is 130 Å². The third-order valence-corrected chi connectivity index (χ3v) is 10.6. The molecule has 1 heterocycles. The SMILES string of the molecule is CC.CCC(C)CC.CN1CCC(CC(=O)Oc2ccc3c(c2)CCC2C3CCC3(C)C(O)CCC23)CC1. The molecular formula is C34H57NO3. The lowest BCUT2D eigenvalue weighted by Crippen LogP contribution is -2.43. The normalized spacial score (nSPS) is 30.7. The van der Waals surface area contributed by atoms with Crippen molar-refractivity contribution in [1.29, 1.82) is 0 Å². The molecule has 0 amide bonds. The summed E-state index contributed by atoms with van der Waals surface area (Å²) in [4.78, 5) is 14.8. The number of aliphatic hydroxyl groups excluding tert-OH is 1. The highest BCUT2D eigenvalue weighted by molar-refractivity contribution is 5.72. The zero-order valence-electron chi connectivity index (χ0n) is 25.6. The number of likely N-dealkylation sites (tertiary alicyclic amines) is 1. The number of nitrogens with zero attached hydrogens (tertiary/aromatic N) is 1. The van der Waals surface area contributed by atoms with Crippen LogP contribution in [0.5, 0.6) is 5.75 Å². The lowest BCUT2D eigenvalue weighted by atomic mass is 9.55. The average Bonchev–Trinajstić information content (AvgIpc) is 3.24. The second kappa shape index (κ2) is 14.3. The standard InChI is InChI=1S/C26H37NO3.C6H14.C2H6/c1-26-12-9-21-20-6-4-19(30-25(29)15-17-10-13-27(2)14-11-17)16-18(20)3-5-22(21)23(26)7-8-24(26)28;1-4-6(3)5-2;1-2/h4,6,16-17,21-24,28H,3,5,7-15H2,1-2H3;6H,4-5H2,1-3H3;1-2H3. The molecule has 1 aromatic rings. The molecule has 0 spiro atoms. The summed E-state index contributed by atoms with van der Waals surface area (Å²) in [5, 5.41) is 10.6. The largest absolute Gasteiger partial charge is 0.427 e. The molecule has 0 aromatic heterocycles. The lowest BCUT2D eigenvalue weighted by molar-refractivity contribution is -0.135. The first kappa shape index (κ1) is 31.1. The smallest absolute Gasteiger partial charge is 0.311 e. The maximum absolute atomic E-state index is 12.5. The highest BCUT2D eigenvalue weighted by atomic mass is 16.5. The van der Waals surface area contributed by atoms with Crippen LogP contribution < -0.4 is 4.74 Å². The van der Waals surface area contributed by atoms with Crippen molar-refractivity contribution in [2.45, 2.75) is 124 Å². The molecule has 5 atom stereocenters. The second-order valence-corrected chi connectivity index (χ2v) is 12.8. The number of carbonyl (C=O) groups excluding carboxylic acids is 1. The molecule has 0 radical (unpaired) electrons. The number of hydrogen-bond donors (Lipinski definition) is 1. The molecule has 1 aliphatic heterocycles. The van der Waals surface area contributed by atoms with Gasteiger partial charge in [0.25, 0.3) is 0 Å². The fourth-order valence-electron chi connectivity index (χ4n) is 7.56. The van der Waals surface area contributed by atoms with Crippen molar-refractivity contribution in [3.8, 4) is 5.75 Å². The molecule has 4 nitrogen and oxygen atoms in total. The number of rotatable bonds is 5. The number of aryl methyl sites for hydroxylation is 1. The highest BCUT2D eigenvalue weighted by Crippen LogP contribution is 2.60. The van der Waals surface area contributed by atoms with Gasteiger partial charge in [-0.15, -0.1) is 0 Å². The van der Waals surface area contributed by atoms with Gasteiger partial charge in [-0.3, -0.25) is 4.79 Å². The van der Waals surface area contributed by atoms with Gasteiger partial charge in [0.15, 0.2) is 0 Å². The molecule has 38 heavy (non-hydrogen) atoms. The first-order valence-corrected chi connectivity index (χ1v) is 15.9. The van der Waals surface area contributed by atoms with E-state index in [-0.39, 0.29) is 17.5 Å². The minimum absolute atomic E-state index is 0.0773. The van der Waals surface area contributed by atoms with Crippen molar-refractivity contribution in [3.63, 3.8) is 0 Å². The molecule has 4 aliphatic rings. The van der Waals surface area contributed by atoms with Gasteiger partial charge < -0.3 is 14.7 Å². The van der Waals surface area contributed by atoms with Crippen molar-refractivity contribution in [1.82, 2.24) is 4.90 Å². The number of piperidine rings is 1. The molecule has 1 aromatic carbocycles. The monoisotopic (exact) mass is 527 g/mol. The van der Waals surface area contributed by atoms with Crippen LogP contribution in [0.15, 0.2) is 18.2 Å². The van der Waals surface area contributed by atoms with Gasteiger partial charge in [0.05, 0.1) is 6.10 Å². The molecule has 5 unspecified atom stereocenters. The topological polar surface area (TPSA) is 49.8 Å². The molecule has 1 saturated heterocycles. The summed E-state index contributed by atoms with van der Waals surface area (Å²) in [6.45, 7) is 15.2. The van der Waals surface area contributed by atoms with E-state index < -0.39 is 0 Å². The van der Waals surface area contributed by atoms with Gasteiger partial charge in [0, 0.05) is 6.42 Å². The zero-order chi connectivity index (χ0) is 27.9. The Bertz CT molecular complexity index is 872. The summed E-state index contributed by atoms with van der Waals surface area (Å²) in [7, 11) is 2.15. The van der Waals surface area contributed by atoms with Gasteiger partial charge in [-0.2, -0.15) is 0 Å². The lowest BCUT2D eigenvalue weighted by Gasteiger charge is -2.50. The van der Waals surface area contributed by atoms with E-state index in [9.17, 15) is 9.90 Å². The molecule has 2 saturated carbocycles. The average molecular weight is 528 g/mol. The Morgan fingerprint density at radius 2 is 1.76 bits per heavy atom. The first-order chi connectivity index (χ1) is 18.2. The quantitative estimate of drug-likeness (QED) is 0.311. The maximum Gasteiger partial charge on any atom is 0.311 e. The highest BCUT2D eigenvalue weighted by Gasteiger charge is 2.54. The Labute approximate surface area is 233 Å². The Kier molecular flexibility index (Phi) is 11.7. The van der Waals surface area contributed by atoms with Crippen molar-refractivity contribution in [3.05, 3.63) is 29.3 Å². The molecular weight excluding hydrogens is 470 g/mol. The molecule has 5 rings (SSSR count). The minimum atomic E-state index is -0.115. The van der Waals surface area contributed by atoms with E-state index in [2.05, 4.69) is 51.8 Å². The third-order valence-electron chi connectivity index (χ3n) is 10.6. The summed E-state index contributed by atoms with van der Waals surface area (Å²) in [6, 6.07) is 6.39. The summed E-state index contributed by atoms with van der Waals surface area (Å²) in [5.74, 6) is 4.02. The Hall–Kier alpha value is -1.39. The van der Waals surface area contributed by atoms with Crippen LogP contribution in [0.2, 0.25) is 0 Å². The predicted molar refractivity (Wildman–Crippen MR) is 159 cm³/mol. The van der Waals surface area contributed by atoms with E-state index in [0.717, 1.165) is 56.9 Å². The van der Waals surface area contributed by atoms with E-state index in [1.807, 2.05) is 19.9 Å². The third kappa shape index (κ3) is 7.22. The van der Waals surface area contributed by atoms with Crippen LogP contribution in [0.1, 0.15) is 123 Å². The van der Waals surface area contributed by atoms with E-state index in [0.29, 0.717) is 30.1 Å². The predicted octanol–water partition coefficient (Wildman–Crippen LogP) is 8.01. The van der Waals surface area contributed by atoms with E-state index >= 15 is 0 Å². The van der Waals surface area contributed by atoms with E-state index in [1.165, 1.54) is 43.2 Å². The Morgan fingerprint density at radius 3 is 2.39 bits per heavy atom. The maximum atomic E-state index is 12.5. The van der Waals surface area contributed by atoms with Gasteiger partial charge in [0.1, 0.15) is 5.75 Å². The number of benzene rings is 1. The van der Waals surface area contributed by atoms with Crippen LogP contribution in [0.25, 0.3) is 0 Å². The first-order valence-electron chi connectivity index (χ1n) is 15.9. The number of esters is 1. The van der Waals surface area contributed by atoms with Crippen molar-refractivity contribution >= 4 is 5.97 Å². The molecule has 0 bridgehead atoms. The van der Waals surface area contributed by atoms with E-state index in [1.54, 1.807) is 0 Å². The van der Waals surface area contributed by atoms with Crippen molar-refractivity contribution in [2.75, 3.05) is 20.1 Å². The van der Waals surface area contributed by atoms with Gasteiger partial charge in [0.2, 0.25) is 0 Å². The number of ether oxygens (including phenoxy) is 1. The molecule has 3 aliphatic carbocycles. The summed E-state index contributed by atoms with van der Waals surface area (Å²) >= 11 is 0. The van der Waals surface area contributed by atoms with Crippen molar-refractivity contribution < 1.29 is 14.6 Å². The fourth-order valence-corrected chi connectivity index (χ4v) is 7.56. The molecule has 216 valence electrons. The minimum Gasteiger partial charge on any atom is -0.427 e. The summed E-state index contributed by atoms with van der Waals surface area (Å²) in [6.07, 6.45) is 12.0. The Balaban J connectivity index is 0.000000443. The molecule has 4 heteroatoms. The van der Waals surface area contributed by atoms with Gasteiger partial charge >= 0.3 is 5.97 Å². The summed E-state index contributed by atoms with van der Waals surface area (Å²) in [5.41, 5.74) is 2.98. The Morgan fingerprint density at radius 1 is 1.08 bits per heavy atom. The number of carbonyl (C=O) groups is 1. The van der Waals surface area contributed by atoms with Gasteiger partial charge in [-0.25, -0.2) is 0 Å². The number of fused-ring (bicyclic) bond motifs is 5. The zero-order valence-corrected chi connectivity index (χ0v) is 25.6. The van der Waals surface area contributed by atoms with Crippen LogP contribution in [0, 0.1) is 29.1 Å². The van der Waals surface area contributed by atoms with Crippen LogP contribution in [-0.4, -0.2) is 42.2 Å². The molecule has 3 fully saturated rings. The molecule has 1 N–H and O–H groups in total. The van der Waals surface area contributed by atoms with Crippen molar-refractivity contribution in [2.24, 2.45) is 29.1 Å². The number of hydrogen-bond acceptors (Lipinski definition) is 4. The van der Waals surface area contributed by atoms with Crippen LogP contribution in [0.3, 0.4) is 0 Å². The van der Waals surface area contributed by atoms with Crippen LogP contribution >= 0.6 is 0 Å². The van der Waals surface area contributed by atoms with Crippen LogP contribution in [0.4, 0.5) is 0 Å². The fraction of sp³-hybridized carbons (Fsp3) is 0.794. The summed E-state index contributed by atoms with van der Waals surface area (Å²) < 4.78 is 5.76. The van der Waals surface area contributed by atoms with Gasteiger partial charge in [-0.1, -0.05) is 60.5 Å². The second-order valence-electron chi connectivity index (χ2n) is 12.8. The van der Waals surface area contributed by atoms with E-state index in [4.69, 9.17) is 4.74 Å². The number of aliphatic hydroxyl groups is 1. The van der Waals surface area contributed by atoms with Crippen LogP contribution in [-0.2, 0) is 11.2 Å².